The summed E-state index contributed by atoms with van der Waals surface area (Å²) in [6.07, 6.45) is 1.09. The fourth-order valence-corrected chi connectivity index (χ4v) is 2.98. The third kappa shape index (κ3) is 3.02. The Labute approximate surface area is 109 Å². The predicted molar refractivity (Wildman–Crippen MR) is 64.9 cm³/mol. The number of carbonyl (C=O) groups excluding carboxylic acids is 1. The van der Waals surface area contributed by atoms with Crippen LogP contribution in [-0.2, 0) is 24.9 Å². The highest BCUT2D eigenvalue weighted by Crippen LogP contribution is 2.27. The Morgan fingerprint density at radius 2 is 2.17 bits per heavy atom. The van der Waals surface area contributed by atoms with Crippen molar-refractivity contribution in [1.82, 2.24) is 4.31 Å². The van der Waals surface area contributed by atoms with E-state index in [0.717, 1.165) is 17.1 Å². The minimum Gasteiger partial charge on any atom is -0.443 e. The Bertz CT molecular complexity index is 348. The van der Waals surface area contributed by atoms with E-state index >= 15 is 0 Å². The zero-order valence-electron chi connectivity index (χ0n) is 10.9. The third-order valence-electron chi connectivity index (χ3n) is 2.77. The molecule has 0 aromatic carbocycles. The number of rotatable bonds is 1. The smallest absolute Gasteiger partial charge is 0.424 e. The molecule has 2 aliphatic heterocycles. The summed E-state index contributed by atoms with van der Waals surface area (Å²) >= 11 is -1.77. The van der Waals surface area contributed by atoms with Gasteiger partial charge in [0.05, 0.1) is 12.7 Å². The molecule has 0 spiro atoms. The van der Waals surface area contributed by atoms with Gasteiger partial charge in [0.25, 0.3) is 11.3 Å². The monoisotopic (exact) mass is 277 g/mol. The number of ether oxygens (including phenoxy) is 2. The van der Waals surface area contributed by atoms with Gasteiger partial charge in [-0.05, 0) is 33.6 Å². The van der Waals surface area contributed by atoms with Crippen LogP contribution in [0.25, 0.3) is 0 Å². The molecule has 0 radical (unpaired) electrons. The average molecular weight is 277 g/mol. The highest BCUT2D eigenvalue weighted by molar-refractivity contribution is 7.78. The van der Waals surface area contributed by atoms with Crippen LogP contribution in [0, 0.1) is 0 Å². The molecule has 0 N–H and O–H groups in total. The van der Waals surface area contributed by atoms with E-state index in [-0.39, 0.29) is 18.8 Å². The molecule has 7 heteroatoms. The molecule has 2 unspecified atom stereocenters. The number of amides is 1. The second kappa shape index (κ2) is 5.14. The van der Waals surface area contributed by atoms with Crippen molar-refractivity contribution in [3.8, 4) is 0 Å². The lowest BCUT2D eigenvalue weighted by Gasteiger charge is -2.27. The minimum absolute atomic E-state index is 0.107. The van der Waals surface area contributed by atoms with Crippen LogP contribution in [0.3, 0.4) is 0 Å². The quantitative estimate of drug-likeness (QED) is 0.724. The van der Waals surface area contributed by atoms with Gasteiger partial charge in [0.15, 0.2) is 0 Å². The van der Waals surface area contributed by atoms with E-state index in [9.17, 15) is 9.00 Å². The summed E-state index contributed by atoms with van der Waals surface area (Å²) in [5.74, 6) is 0. The van der Waals surface area contributed by atoms with Crippen molar-refractivity contribution in [2.24, 2.45) is 0 Å². The van der Waals surface area contributed by atoms with Crippen LogP contribution in [0.15, 0.2) is 0 Å². The van der Waals surface area contributed by atoms with E-state index in [1.807, 2.05) is 0 Å². The van der Waals surface area contributed by atoms with Gasteiger partial charge in [0.2, 0.25) is 0 Å². The second-order valence-corrected chi connectivity index (χ2v) is 6.49. The van der Waals surface area contributed by atoms with Crippen molar-refractivity contribution in [1.29, 1.82) is 0 Å². The zero-order chi connectivity index (χ0) is 13.3. The van der Waals surface area contributed by atoms with Crippen LogP contribution in [0.2, 0.25) is 0 Å². The summed E-state index contributed by atoms with van der Waals surface area (Å²) in [6.45, 7) is 6.22. The summed E-state index contributed by atoms with van der Waals surface area (Å²) in [6, 6.07) is -0.316. The SMILES string of the molecule is CC(C)(C)OC(=O)N1[C@@H](C2CCCO2)COS1=O. The highest BCUT2D eigenvalue weighted by Gasteiger charge is 2.44. The van der Waals surface area contributed by atoms with E-state index in [0.29, 0.717) is 6.61 Å². The fraction of sp³-hybridized carbons (Fsp3) is 0.909. The number of carbonyl (C=O) groups is 1. The highest BCUT2D eigenvalue weighted by atomic mass is 32.2. The van der Waals surface area contributed by atoms with Crippen LogP contribution in [-0.4, -0.2) is 45.6 Å². The number of hydrogen-bond acceptors (Lipinski definition) is 5. The molecule has 0 bridgehead atoms. The lowest BCUT2D eigenvalue weighted by Crippen LogP contribution is -2.46. The van der Waals surface area contributed by atoms with Gasteiger partial charge in [0.1, 0.15) is 11.6 Å². The van der Waals surface area contributed by atoms with E-state index in [4.69, 9.17) is 13.7 Å². The summed E-state index contributed by atoms with van der Waals surface area (Å²) in [5.41, 5.74) is -0.620. The first-order chi connectivity index (χ1) is 8.38. The third-order valence-corrected chi connectivity index (χ3v) is 3.85. The molecule has 104 valence electrons. The topological polar surface area (TPSA) is 65.1 Å². The van der Waals surface area contributed by atoms with Gasteiger partial charge in [-0.25, -0.2) is 9.00 Å². The summed E-state index contributed by atoms with van der Waals surface area (Å²) in [4.78, 5) is 12.0. The van der Waals surface area contributed by atoms with Crippen molar-refractivity contribution in [2.45, 2.75) is 51.4 Å². The van der Waals surface area contributed by atoms with Gasteiger partial charge in [0, 0.05) is 6.61 Å². The first kappa shape index (κ1) is 13.8. The van der Waals surface area contributed by atoms with E-state index in [2.05, 4.69) is 0 Å². The Morgan fingerprint density at radius 1 is 1.44 bits per heavy atom. The second-order valence-electron chi connectivity index (χ2n) is 5.43. The average Bonchev–Trinajstić information content (AvgIpc) is 2.82. The van der Waals surface area contributed by atoms with Crippen molar-refractivity contribution >= 4 is 17.4 Å². The summed E-state index contributed by atoms with van der Waals surface area (Å²) in [5, 5.41) is 0. The van der Waals surface area contributed by atoms with Crippen molar-refractivity contribution in [3.05, 3.63) is 0 Å². The van der Waals surface area contributed by atoms with Gasteiger partial charge in [-0.2, -0.15) is 4.31 Å². The van der Waals surface area contributed by atoms with Gasteiger partial charge in [-0.1, -0.05) is 0 Å². The lowest BCUT2D eigenvalue weighted by molar-refractivity contribution is 0.0147. The first-order valence-electron chi connectivity index (χ1n) is 6.07. The molecule has 0 aliphatic carbocycles. The predicted octanol–water partition coefficient (Wildman–Crippen LogP) is 1.38. The summed E-state index contributed by atoms with van der Waals surface area (Å²) in [7, 11) is 0. The molecule has 2 aliphatic rings. The molecular formula is C11H19NO5S. The Balaban J connectivity index is 2.07. The number of hydrogen-bond donors (Lipinski definition) is 0. The maximum atomic E-state index is 12.0. The van der Waals surface area contributed by atoms with Gasteiger partial charge >= 0.3 is 6.09 Å². The largest absolute Gasteiger partial charge is 0.443 e. The normalized spacial score (nSPS) is 32.8. The van der Waals surface area contributed by atoms with Gasteiger partial charge in [-0.15, -0.1) is 0 Å². The van der Waals surface area contributed by atoms with E-state index in [1.165, 1.54) is 0 Å². The lowest BCUT2D eigenvalue weighted by atomic mass is 10.1. The Hall–Kier alpha value is -0.660. The van der Waals surface area contributed by atoms with Gasteiger partial charge < -0.3 is 9.47 Å². The molecular weight excluding hydrogens is 258 g/mol. The molecule has 0 saturated carbocycles. The zero-order valence-corrected chi connectivity index (χ0v) is 11.7. The molecule has 2 fully saturated rings. The van der Waals surface area contributed by atoms with Crippen molar-refractivity contribution < 1.29 is 22.7 Å². The van der Waals surface area contributed by atoms with Crippen LogP contribution >= 0.6 is 0 Å². The van der Waals surface area contributed by atoms with Crippen LogP contribution in [0.4, 0.5) is 4.79 Å². The molecule has 0 aromatic heterocycles. The van der Waals surface area contributed by atoms with E-state index < -0.39 is 23.0 Å². The van der Waals surface area contributed by atoms with Crippen LogP contribution in [0.1, 0.15) is 33.6 Å². The Morgan fingerprint density at radius 3 is 2.72 bits per heavy atom. The molecule has 3 atom stereocenters. The van der Waals surface area contributed by atoms with Crippen LogP contribution in [0.5, 0.6) is 0 Å². The molecule has 1 amide bonds. The fourth-order valence-electron chi connectivity index (χ4n) is 2.03. The Kier molecular flexibility index (Phi) is 3.93. The maximum Gasteiger partial charge on any atom is 0.424 e. The standard InChI is InChI=1S/C11H19NO5S/c1-11(2,3)17-10(13)12-8(7-16-18(12)14)9-5-4-6-15-9/h8-9H,4-7H2,1-3H3/t8-,9?,18?/m1/s1. The van der Waals surface area contributed by atoms with Crippen LogP contribution < -0.4 is 0 Å². The maximum absolute atomic E-state index is 12.0. The molecule has 0 aromatic rings. The first-order valence-corrected chi connectivity index (χ1v) is 7.10. The van der Waals surface area contributed by atoms with Crippen molar-refractivity contribution in [2.75, 3.05) is 13.2 Å². The minimum atomic E-state index is -1.77. The molecule has 6 nitrogen and oxygen atoms in total. The van der Waals surface area contributed by atoms with Crippen molar-refractivity contribution in [3.63, 3.8) is 0 Å². The molecule has 18 heavy (non-hydrogen) atoms. The molecule has 2 rings (SSSR count). The van der Waals surface area contributed by atoms with Gasteiger partial charge in [-0.3, -0.25) is 4.18 Å². The summed E-state index contributed by atoms with van der Waals surface area (Å²) < 4.78 is 28.7. The molecule has 2 saturated heterocycles. The number of nitrogens with zero attached hydrogens (tertiary/aromatic N) is 1. The molecule has 2 heterocycles. The van der Waals surface area contributed by atoms with E-state index in [1.54, 1.807) is 20.8 Å².